The number of aryl methyl sites for hydroxylation is 1. The number of ether oxygens (including phenoxy) is 1. The number of hydrogen-bond acceptors (Lipinski definition) is 3. The van der Waals surface area contributed by atoms with Gasteiger partial charge < -0.3 is 9.64 Å². The van der Waals surface area contributed by atoms with Gasteiger partial charge in [-0.1, -0.05) is 41.4 Å². The second kappa shape index (κ2) is 8.70. The van der Waals surface area contributed by atoms with Crippen LogP contribution in [-0.2, 0) is 6.42 Å². The van der Waals surface area contributed by atoms with Crippen LogP contribution in [0.2, 0.25) is 5.02 Å². The van der Waals surface area contributed by atoms with Crippen molar-refractivity contribution in [3.63, 3.8) is 0 Å². The Hall–Kier alpha value is -1.55. The van der Waals surface area contributed by atoms with E-state index in [9.17, 15) is 0 Å². The van der Waals surface area contributed by atoms with Crippen LogP contribution in [0.3, 0.4) is 0 Å². The summed E-state index contributed by atoms with van der Waals surface area (Å²) in [6.07, 6.45) is 0.864. The highest BCUT2D eigenvalue weighted by Crippen LogP contribution is 2.24. The summed E-state index contributed by atoms with van der Waals surface area (Å²) in [5.41, 5.74) is 3.75. The van der Waals surface area contributed by atoms with Gasteiger partial charge in [-0.2, -0.15) is 0 Å². The molecule has 0 N–H and O–H groups in total. The predicted octanol–water partition coefficient (Wildman–Crippen LogP) is 3.87. The molecule has 134 valence electrons. The lowest BCUT2D eigenvalue weighted by atomic mass is 10.0. The summed E-state index contributed by atoms with van der Waals surface area (Å²) in [5.74, 6) is 0.995. The van der Waals surface area contributed by atoms with Gasteiger partial charge in [-0.25, -0.2) is 0 Å². The normalized spacial score (nSPS) is 16.1. The molecule has 25 heavy (non-hydrogen) atoms. The summed E-state index contributed by atoms with van der Waals surface area (Å²) in [7, 11) is 2.18. The van der Waals surface area contributed by atoms with Crippen LogP contribution in [0, 0.1) is 6.92 Å². The molecule has 0 unspecified atom stereocenters. The summed E-state index contributed by atoms with van der Waals surface area (Å²) in [5, 5.41) is 0.775. The Morgan fingerprint density at radius 2 is 1.72 bits per heavy atom. The van der Waals surface area contributed by atoms with Crippen molar-refractivity contribution < 1.29 is 4.74 Å². The molecule has 1 aliphatic heterocycles. The van der Waals surface area contributed by atoms with Crippen LogP contribution in [0.25, 0.3) is 0 Å². The van der Waals surface area contributed by atoms with E-state index in [2.05, 4.69) is 54.1 Å². The smallest absolute Gasteiger partial charge is 0.122 e. The number of nitrogens with zero attached hydrogens (tertiary/aromatic N) is 2. The maximum atomic E-state index is 6.14. The minimum atomic E-state index is 0.737. The molecule has 0 radical (unpaired) electrons. The molecule has 0 amide bonds. The van der Waals surface area contributed by atoms with E-state index in [4.69, 9.17) is 16.3 Å². The molecule has 3 rings (SSSR count). The molecule has 3 nitrogen and oxygen atoms in total. The van der Waals surface area contributed by atoms with Crippen molar-refractivity contribution in [3.8, 4) is 5.75 Å². The third-order valence-corrected chi connectivity index (χ3v) is 5.04. The fourth-order valence-electron chi connectivity index (χ4n) is 3.17. The summed E-state index contributed by atoms with van der Waals surface area (Å²) in [4.78, 5) is 4.86. The Morgan fingerprint density at radius 1 is 1.00 bits per heavy atom. The van der Waals surface area contributed by atoms with Gasteiger partial charge in [-0.05, 0) is 43.3 Å². The SMILES string of the molecule is Cc1ccc(OCCN2CCN(C)CC2)c(Cc2ccc(Cl)cc2)c1. The van der Waals surface area contributed by atoms with Crippen molar-refractivity contribution in [3.05, 3.63) is 64.2 Å². The molecule has 1 heterocycles. The first-order valence-electron chi connectivity index (χ1n) is 8.98. The van der Waals surface area contributed by atoms with Gasteiger partial charge in [0.05, 0.1) is 0 Å². The summed E-state index contributed by atoms with van der Waals surface area (Å²) >= 11 is 5.99. The third kappa shape index (κ3) is 5.46. The van der Waals surface area contributed by atoms with Gasteiger partial charge in [0.2, 0.25) is 0 Å². The fourth-order valence-corrected chi connectivity index (χ4v) is 3.29. The Morgan fingerprint density at radius 3 is 2.44 bits per heavy atom. The number of halogens is 1. The number of piperazine rings is 1. The van der Waals surface area contributed by atoms with Gasteiger partial charge >= 0.3 is 0 Å². The van der Waals surface area contributed by atoms with E-state index in [0.717, 1.165) is 56.5 Å². The van der Waals surface area contributed by atoms with E-state index >= 15 is 0 Å². The van der Waals surface area contributed by atoms with Crippen molar-refractivity contribution >= 4 is 11.6 Å². The highest BCUT2D eigenvalue weighted by atomic mass is 35.5. The summed E-state index contributed by atoms with van der Waals surface area (Å²) < 4.78 is 6.14. The Kier molecular flexibility index (Phi) is 6.35. The van der Waals surface area contributed by atoms with E-state index in [0.29, 0.717) is 0 Å². The third-order valence-electron chi connectivity index (χ3n) is 4.78. The van der Waals surface area contributed by atoms with E-state index in [1.807, 2.05) is 12.1 Å². The standard InChI is InChI=1S/C21H27ClN2O/c1-17-3-8-21(25-14-13-24-11-9-23(2)10-12-24)19(15-17)16-18-4-6-20(22)7-5-18/h3-8,15H,9-14,16H2,1-2H3. The summed E-state index contributed by atoms with van der Waals surface area (Å²) in [6, 6.07) is 14.5. The highest BCUT2D eigenvalue weighted by molar-refractivity contribution is 6.30. The van der Waals surface area contributed by atoms with E-state index in [1.54, 1.807) is 0 Å². The molecule has 0 saturated carbocycles. The molecule has 0 aliphatic carbocycles. The maximum absolute atomic E-state index is 6.14. The van der Waals surface area contributed by atoms with Gasteiger partial charge in [-0.15, -0.1) is 0 Å². The lowest BCUT2D eigenvalue weighted by Crippen LogP contribution is -2.45. The Balaban J connectivity index is 1.60. The van der Waals surface area contributed by atoms with Crippen LogP contribution in [0.15, 0.2) is 42.5 Å². The highest BCUT2D eigenvalue weighted by Gasteiger charge is 2.13. The summed E-state index contributed by atoms with van der Waals surface area (Å²) in [6.45, 7) is 8.40. The molecule has 1 aliphatic rings. The number of benzene rings is 2. The maximum Gasteiger partial charge on any atom is 0.122 e. The quantitative estimate of drug-likeness (QED) is 0.779. The molecule has 0 atom stereocenters. The minimum absolute atomic E-state index is 0.737. The fraction of sp³-hybridized carbons (Fsp3) is 0.429. The lowest BCUT2D eigenvalue weighted by Gasteiger charge is -2.32. The number of likely N-dealkylation sites (N-methyl/N-ethyl adjacent to an activating group) is 1. The zero-order chi connectivity index (χ0) is 17.6. The van der Waals surface area contributed by atoms with Gasteiger partial charge in [0.1, 0.15) is 12.4 Å². The minimum Gasteiger partial charge on any atom is -0.492 e. The monoisotopic (exact) mass is 358 g/mol. The molecular weight excluding hydrogens is 332 g/mol. The molecule has 4 heteroatoms. The van der Waals surface area contributed by atoms with Crippen molar-refractivity contribution in [1.29, 1.82) is 0 Å². The topological polar surface area (TPSA) is 15.7 Å². The van der Waals surface area contributed by atoms with Crippen molar-refractivity contribution in [2.75, 3.05) is 46.4 Å². The molecule has 1 saturated heterocycles. The lowest BCUT2D eigenvalue weighted by molar-refractivity contribution is 0.133. The van der Waals surface area contributed by atoms with Crippen molar-refractivity contribution in [2.24, 2.45) is 0 Å². The average molecular weight is 359 g/mol. The molecule has 0 bridgehead atoms. The second-order valence-electron chi connectivity index (χ2n) is 6.91. The van der Waals surface area contributed by atoms with Crippen LogP contribution in [0.4, 0.5) is 0 Å². The second-order valence-corrected chi connectivity index (χ2v) is 7.34. The molecule has 2 aromatic carbocycles. The van der Waals surface area contributed by atoms with E-state index in [-0.39, 0.29) is 0 Å². The van der Waals surface area contributed by atoms with Crippen LogP contribution in [-0.4, -0.2) is 56.2 Å². The Bertz CT molecular complexity index is 679. The predicted molar refractivity (Wildman–Crippen MR) is 105 cm³/mol. The first-order valence-corrected chi connectivity index (χ1v) is 9.35. The average Bonchev–Trinajstić information content (AvgIpc) is 2.60. The van der Waals surface area contributed by atoms with E-state index < -0.39 is 0 Å². The first-order chi connectivity index (χ1) is 12.1. The first kappa shape index (κ1) is 18.2. The largest absolute Gasteiger partial charge is 0.492 e. The molecule has 0 spiro atoms. The van der Waals surface area contributed by atoms with Gasteiger partial charge in [0, 0.05) is 44.2 Å². The van der Waals surface area contributed by atoms with Gasteiger partial charge in [0.25, 0.3) is 0 Å². The van der Waals surface area contributed by atoms with Crippen molar-refractivity contribution in [2.45, 2.75) is 13.3 Å². The van der Waals surface area contributed by atoms with Crippen molar-refractivity contribution in [1.82, 2.24) is 9.80 Å². The zero-order valence-corrected chi connectivity index (χ0v) is 15.9. The molecular formula is C21H27ClN2O. The number of hydrogen-bond donors (Lipinski definition) is 0. The molecule has 1 fully saturated rings. The van der Waals surface area contributed by atoms with Crippen LogP contribution in [0.5, 0.6) is 5.75 Å². The molecule has 0 aromatic heterocycles. The van der Waals surface area contributed by atoms with Crippen LogP contribution < -0.4 is 4.74 Å². The number of rotatable bonds is 6. The van der Waals surface area contributed by atoms with Gasteiger partial charge in [0.15, 0.2) is 0 Å². The van der Waals surface area contributed by atoms with Crippen LogP contribution >= 0.6 is 11.6 Å². The van der Waals surface area contributed by atoms with E-state index in [1.165, 1.54) is 16.7 Å². The van der Waals surface area contributed by atoms with Gasteiger partial charge in [-0.3, -0.25) is 4.90 Å². The molecule has 2 aromatic rings. The van der Waals surface area contributed by atoms with Crippen LogP contribution in [0.1, 0.15) is 16.7 Å². The Labute approximate surface area is 156 Å². The zero-order valence-electron chi connectivity index (χ0n) is 15.2.